The molecule has 0 saturated carbocycles. The molecule has 1 N–H and O–H groups in total. The van der Waals surface area contributed by atoms with Gasteiger partial charge in [-0.15, -0.1) is 11.3 Å². The van der Waals surface area contributed by atoms with Gasteiger partial charge in [-0.1, -0.05) is 12.1 Å². The lowest BCUT2D eigenvalue weighted by Gasteiger charge is -2.29. The first-order valence-electron chi connectivity index (χ1n) is 9.09. The highest BCUT2D eigenvalue weighted by molar-refractivity contribution is 7.12. The van der Waals surface area contributed by atoms with E-state index in [9.17, 15) is 14.0 Å². The molecule has 1 aromatic carbocycles. The molecule has 0 aliphatic heterocycles. The third kappa shape index (κ3) is 4.18. The number of carbonyl (C=O) groups is 2. The largest absolute Gasteiger partial charge is 0.467 e. The van der Waals surface area contributed by atoms with E-state index in [2.05, 4.69) is 5.32 Å². The minimum atomic E-state index is -1.15. The summed E-state index contributed by atoms with van der Waals surface area (Å²) in [6.45, 7) is 0.132. The van der Waals surface area contributed by atoms with Gasteiger partial charge in [0.1, 0.15) is 17.3 Å². The Labute approximate surface area is 175 Å². The molecule has 6 nitrogen and oxygen atoms in total. The molecule has 4 aromatic rings. The predicted octanol–water partition coefficient (Wildman–Crippen LogP) is 4.78. The average Bonchev–Trinajstić information content (AvgIpc) is 3.52. The molecule has 0 fully saturated rings. The molecule has 8 heteroatoms. The Bertz CT molecular complexity index is 1110. The summed E-state index contributed by atoms with van der Waals surface area (Å²) in [5, 5.41) is 4.52. The molecule has 152 valence electrons. The Balaban J connectivity index is 1.74. The van der Waals surface area contributed by atoms with Gasteiger partial charge in [0, 0.05) is 5.69 Å². The summed E-state index contributed by atoms with van der Waals surface area (Å²) in [4.78, 5) is 28.2. The molecule has 0 bridgehead atoms. The van der Waals surface area contributed by atoms with E-state index in [1.807, 2.05) is 0 Å². The number of nitrogens with zero attached hydrogens (tertiary/aromatic N) is 1. The molecule has 0 aliphatic carbocycles. The van der Waals surface area contributed by atoms with Crippen LogP contribution in [0.4, 0.5) is 10.1 Å². The smallest absolute Gasteiger partial charge is 0.269 e. The van der Waals surface area contributed by atoms with E-state index in [0.29, 0.717) is 10.6 Å². The van der Waals surface area contributed by atoms with Crippen LogP contribution in [0.2, 0.25) is 0 Å². The maximum atomic E-state index is 14.0. The van der Waals surface area contributed by atoms with Gasteiger partial charge in [0.15, 0.2) is 6.04 Å². The van der Waals surface area contributed by atoms with Crippen LogP contribution in [-0.4, -0.2) is 11.8 Å². The Morgan fingerprint density at radius 3 is 2.53 bits per heavy atom. The van der Waals surface area contributed by atoms with Crippen molar-refractivity contribution in [1.82, 2.24) is 5.32 Å². The highest BCUT2D eigenvalue weighted by atomic mass is 32.1. The van der Waals surface area contributed by atoms with Crippen molar-refractivity contribution in [2.45, 2.75) is 12.6 Å². The van der Waals surface area contributed by atoms with E-state index < -0.39 is 23.7 Å². The molecule has 3 aromatic heterocycles. The maximum Gasteiger partial charge on any atom is 0.269 e. The molecule has 0 aliphatic rings. The lowest BCUT2D eigenvalue weighted by atomic mass is 10.1. The number of halogens is 1. The Kier molecular flexibility index (Phi) is 5.76. The summed E-state index contributed by atoms with van der Waals surface area (Å²) in [5.74, 6) is -0.643. The monoisotopic (exact) mass is 424 g/mol. The van der Waals surface area contributed by atoms with Crippen LogP contribution in [0, 0.1) is 5.82 Å². The highest BCUT2D eigenvalue weighted by Crippen LogP contribution is 2.31. The molecule has 1 unspecified atom stereocenters. The molecular formula is C22H17FN2O4S. The van der Waals surface area contributed by atoms with Crippen LogP contribution in [0.5, 0.6) is 0 Å². The fraction of sp³-hybridized carbons (Fsp3) is 0.0909. The molecule has 3 heterocycles. The summed E-state index contributed by atoms with van der Waals surface area (Å²) in [5.41, 5.74) is 0.239. The van der Waals surface area contributed by atoms with Gasteiger partial charge in [0.05, 0.1) is 23.9 Å². The Hall–Kier alpha value is -3.65. The molecule has 0 saturated heterocycles. The minimum Gasteiger partial charge on any atom is -0.467 e. The number of benzene rings is 1. The lowest BCUT2D eigenvalue weighted by Crippen LogP contribution is -2.43. The molecule has 1 atom stereocenters. The average molecular weight is 424 g/mol. The van der Waals surface area contributed by atoms with E-state index in [1.54, 1.807) is 47.8 Å². The Morgan fingerprint density at radius 1 is 1.03 bits per heavy atom. The van der Waals surface area contributed by atoms with E-state index in [0.717, 1.165) is 0 Å². The van der Waals surface area contributed by atoms with Crippen LogP contribution in [0.15, 0.2) is 87.4 Å². The first kappa shape index (κ1) is 19.7. The van der Waals surface area contributed by atoms with Crippen LogP contribution < -0.4 is 10.2 Å². The quantitative estimate of drug-likeness (QED) is 0.463. The SMILES string of the molecule is O=C(NCc1ccco1)C(c1ccco1)N(C(=O)c1cccs1)c1cccc(F)c1. The number of amides is 2. The standard InChI is InChI=1S/C22H17FN2O4S/c23-15-5-1-6-16(13-15)25(22(27)19-9-4-12-30-19)20(18-8-3-11-29-18)21(26)24-14-17-7-2-10-28-17/h1-13,20H,14H2,(H,24,26). The van der Waals surface area contributed by atoms with Gasteiger partial charge in [-0.3, -0.25) is 14.5 Å². The van der Waals surface area contributed by atoms with Gasteiger partial charge in [-0.05, 0) is 53.9 Å². The van der Waals surface area contributed by atoms with E-state index in [-0.39, 0.29) is 18.0 Å². The van der Waals surface area contributed by atoms with E-state index >= 15 is 0 Å². The third-order valence-electron chi connectivity index (χ3n) is 4.37. The van der Waals surface area contributed by atoms with Crippen LogP contribution in [-0.2, 0) is 11.3 Å². The van der Waals surface area contributed by atoms with Crippen molar-refractivity contribution in [3.8, 4) is 0 Å². The Morgan fingerprint density at radius 2 is 1.87 bits per heavy atom. The summed E-state index contributed by atoms with van der Waals surface area (Å²) < 4.78 is 24.7. The van der Waals surface area contributed by atoms with Crippen LogP contribution in [0.25, 0.3) is 0 Å². The molecule has 0 spiro atoms. The summed E-state index contributed by atoms with van der Waals surface area (Å²) >= 11 is 1.23. The van der Waals surface area contributed by atoms with Crippen molar-refractivity contribution in [2.24, 2.45) is 0 Å². The van der Waals surface area contributed by atoms with Gasteiger partial charge in [0.25, 0.3) is 11.8 Å². The number of nitrogens with one attached hydrogen (secondary N) is 1. The van der Waals surface area contributed by atoms with Gasteiger partial charge in [0.2, 0.25) is 0 Å². The van der Waals surface area contributed by atoms with Gasteiger partial charge < -0.3 is 14.2 Å². The number of carbonyl (C=O) groups excluding carboxylic acids is 2. The second-order valence-corrected chi connectivity index (χ2v) is 7.30. The molecule has 4 rings (SSSR count). The first-order valence-corrected chi connectivity index (χ1v) is 9.97. The number of thiophene rings is 1. The highest BCUT2D eigenvalue weighted by Gasteiger charge is 2.36. The minimum absolute atomic E-state index is 0.132. The van der Waals surface area contributed by atoms with E-state index in [1.165, 1.54) is 47.0 Å². The van der Waals surface area contributed by atoms with Crippen molar-refractivity contribution >= 4 is 28.8 Å². The summed E-state index contributed by atoms with van der Waals surface area (Å²) in [6, 6.07) is 14.5. The van der Waals surface area contributed by atoms with Crippen molar-refractivity contribution in [2.75, 3.05) is 4.90 Å². The second kappa shape index (κ2) is 8.79. The zero-order chi connectivity index (χ0) is 20.9. The molecule has 0 radical (unpaired) electrons. The zero-order valence-corrected chi connectivity index (χ0v) is 16.5. The van der Waals surface area contributed by atoms with Crippen molar-refractivity contribution in [3.05, 3.63) is 101 Å². The van der Waals surface area contributed by atoms with Gasteiger partial charge >= 0.3 is 0 Å². The zero-order valence-electron chi connectivity index (χ0n) is 15.7. The maximum absolute atomic E-state index is 14.0. The van der Waals surface area contributed by atoms with Gasteiger partial charge in [-0.2, -0.15) is 0 Å². The number of anilines is 1. The fourth-order valence-corrected chi connectivity index (χ4v) is 3.69. The van der Waals surface area contributed by atoms with Crippen molar-refractivity contribution in [1.29, 1.82) is 0 Å². The second-order valence-electron chi connectivity index (χ2n) is 6.35. The molecular weight excluding hydrogens is 407 g/mol. The van der Waals surface area contributed by atoms with Crippen molar-refractivity contribution in [3.63, 3.8) is 0 Å². The van der Waals surface area contributed by atoms with Crippen LogP contribution in [0.1, 0.15) is 27.2 Å². The number of hydrogen-bond acceptors (Lipinski definition) is 5. The van der Waals surface area contributed by atoms with Crippen molar-refractivity contribution < 1.29 is 22.8 Å². The normalized spacial score (nSPS) is 11.8. The number of hydrogen-bond donors (Lipinski definition) is 1. The molecule has 2 amide bonds. The van der Waals surface area contributed by atoms with E-state index in [4.69, 9.17) is 8.83 Å². The topological polar surface area (TPSA) is 75.7 Å². The fourth-order valence-electron chi connectivity index (χ4n) is 3.03. The van der Waals surface area contributed by atoms with Crippen LogP contribution >= 0.6 is 11.3 Å². The third-order valence-corrected chi connectivity index (χ3v) is 5.23. The molecule has 30 heavy (non-hydrogen) atoms. The van der Waals surface area contributed by atoms with Crippen LogP contribution in [0.3, 0.4) is 0 Å². The number of furan rings is 2. The summed E-state index contributed by atoms with van der Waals surface area (Å²) in [7, 11) is 0. The first-order chi connectivity index (χ1) is 14.6. The van der Waals surface area contributed by atoms with Gasteiger partial charge in [-0.25, -0.2) is 4.39 Å². The lowest BCUT2D eigenvalue weighted by molar-refractivity contribution is -0.123. The summed E-state index contributed by atoms with van der Waals surface area (Å²) in [6.07, 6.45) is 2.92. The predicted molar refractivity (Wildman–Crippen MR) is 110 cm³/mol. The number of rotatable bonds is 7.